The number of pyridine rings is 1. The molecule has 94 valence electrons. The van der Waals surface area contributed by atoms with E-state index in [0.717, 1.165) is 25.2 Å². The SMILES string of the molecule is c1ccc(-c2noc(CC3CCCNC3)n2)nc1. The molecule has 0 amide bonds. The average molecular weight is 244 g/mol. The topological polar surface area (TPSA) is 63.8 Å². The lowest BCUT2D eigenvalue weighted by molar-refractivity contribution is 0.316. The van der Waals surface area contributed by atoms with E-state index in [1.807, 2.05) is 18.2 Å². The van der Waals surface area contributed by atoms with Crippen LogP contribution in [0.1, 0.15) is 18.7 Å². The van der Waals surface area contributed by atoms with E-state index in [1.165, 1.54) is 12.8 Å². The molecule has 0 saturated carbocycles. The summed E-state index contributed by atoms with van der Waals surface area (Å²) in [4.78, 5) is 8.62. The van der Waals surface area contributed by atoms with Crippen molar-refractivity contribution in [3.8, 4) is 11.5 Å². The molecule has 1 aliphatic heterocycles. The quantitative estimate of drug-likeness (QED) is 0.889. The second-order valence-electron chi connectivity index (χ2n) is 4.64. The van der Waals surface area contributed by atoms with Crippen molar-refractivity contribution in [3.05, 3.63) is 30.3 Å². The predicted molar refractivity (Wildman–Crippen MR) is 66.8 cm³/mol. The lowest BCUT2D eigenvalue weighted by atomic mass is 9.96. The fourth-order valence-corrected chi connectivity index (χ4v) is 2.28. The van der Waals surface area contributed by atoms with Crippen molar-refractivity contribution >= 4 is 0 Å². The third kappa shape index (κ3) is 2.56. The van der Waals surface area contributed by atoms with E-state index in [2.05, 4.69) is 20.4 Å². The van der Waals surface area contributed by atoms with Crippen LogP contribution in [0.15, 0.2) is 28.9 Å². The molecule has 0 spiro atoms. The zero-order chi connectivity index (χ0) is 12.2. The summed E-state index contributed by atoms with van der Waals surface area (Å²) >= 11 is 0. The highest BCUT2D eigenvalue weighted by molar-refractivity contribution is 5.46. The van der Waals surface area contributed by atoms with Crippen LogP contribution < -0.4 is 5.32 Å². The largest absolute Gasteiger partial charge is 0.339 e. The molecule has 5 nitrogen and oxygen atoms in total. The Kier molecular flexibility index (Phi) is 3.32. The van der Waals surface area contributed by atoms with Crippen LogP contribution in [0.2, 0.25) is 0 Å². The standard InChI is InChI=1S/C13H16N4O/c1-2-7-15-11(5-1)13-16-12(18-17-13)8-10-4-3-6-14-9-10/h1-2,5,7,10,14H,3-4,6,8-9H2. The zero-order valence-electron chi connectivity index (χ0n) is 10.2. The Hall–Kier alpha value is -1.75. The Bertz CT molecular complexity index is 491. The van der Waals surface area contributed by atoms with E-state index >= 15 is 0 Å². The Balaban J connectivity index is 1.69. The van der Waals surface area contributed by atoms with Crippen LogP contribution in [0.5, 0.6) is 0 Å². The van der Waals surface area contributed by atoms with Crippen LogP contribution in [-0.4, -0.2) is 28.2 Å². The van der Waals surface area contributed by atoms with Crippen LogP contribution >= 0.6 is 0 Å². The number of piperidine rings is 1. The van der Waals surface area contributed by atoms with Crippen LogP contribution in [0.3, 0.4) is 0 Å². The van der Waals surface area contributed by atoms with Gasteiger partial charge in [0.1, 0.15) is 5.69 Å². The normalized spacial score (nSPS) is 19.9. The number of hydrogen-bond acceptors (Lipinski definition) is 5. The van der Waals surface area contributed by atoms with Crippen molar-refractivity contribution < 1.29 is 4.52 Å². The predicted octanol–water partition coefficient (Wildman–Crippen LogP) is 1.67. The first kappa shape index (κ1) is 11.3. The molecule has 1 unspecified atom stereocenters. The van der Waals surface area contributed by atoms with Crippen molar-refractivity contribution in [1.82, 2.24) is 20.4 Å². The molecule has 1 fully saturated rings. The molecule has 1 saturated heterocycles. The minimum absolute atomic E-state index is 0.578. The molecule has 5 heteroatoms. The minimum atomic E-state index is 0.578. The molecule has 2 aromatic heterocycles. The van der Waals surface area contributed by atoms with Crippen molar-refractivity contribution in [3.63, 3.8) is 0 Å². The van der Waals surface area contributed by atoms with Crippen LogP contribution in [0, 0.1) is 5.92 Å². The van der Waals surface area contributed by atoms with Gasteiger partial charge in [-0.15, -0.1) is 0 Å². The van der Waals surface area contributed by atoms with Gasteiger partial charge in [0.25, 0.3) is 0 Å². The highest BCUT2D eigenvalue weighted by Gasteiger charge is 2.17. The van der Waals surface area contributed by atoms with Crippen molar-refractivity contribution in [2.24, 2.45) is 5.92 Å². The number of nitrogens with one attached hydrogen (secondary N) is 1. The summed E-state index contributed by atoms with van der Waals surface area (Å²) < 4.78 is 5.29. The first-order valence-electron chi connectivity index (χ1n) is 6.36. The summed E-state index contributed by atoms with van der Waals surface area (Å²) in [6, 6.07) is 5.68. The average Bonchev–Trinajstić information content (AvgIpc) is 2.89. The summed E-state index contributed by atoms with van der Waals surface area (Å²) in [6.07, 6.45) is 5.05. The fourth-order valence-electron chi connectivity index (χ4n) is 2.28. The minimum Gasteiger partial charge on any atom is -0.339 e. The van der Waals surface area contributed by atoms with Gasteiger partial charge in [-0.2, -0.15) is 4.98 Å². The van der Waals surface area contributed by atoms with Gasteiger partial charge in [-0.3, -0.25) is 4.98 Å². The van der Waals surface area contributed by atoms with Gasteiger partial charge in [0, 0.05) is 12.6 Å². The monoisotopic (exact) mass is 244 g/mol. The third-order valence-electron chi connectivity index (χ3n) is 3.22. The molecule has 0 aliphatic carbocycles. The summed E-state index contributed by atoms with van der Waals surface area (Å²) in [5.74, 6) is 1.90. The van der Waals surface area contributed by atoms with Gasteiger partial charge in [-0.1, -0.05) is 11.2 Å². The molecule has 3 rings (SSSR count). The maximum Gasteiger partial charge on any atom is 0.227 e. The molecule has 1 aliphatic rings. The summed E-state index contributed by atoms with van der Waals surface area (Å²) in [5.41, 5.74) is 0.759. The molecular weight excluding hydrogens is 228 g/mol. The van der Waals surface area contributed by atoms with Crippen molar-refractivity contribution in [2.45, 2.75) is 19.3 Å². The molecule has 1 N–H and O–H groups in total. The van der Waals surface area contributed by atoms with E-state index in [-0.39, 0.29) is 0 Å². The number of nitrogens with zero attached hydrogens (tertiary/aromatic N) is 3. The second kappa shape index (κ2) is 5.27. The number of rotatable bonds is 3. The second-order valence-corrected chi connectivity index (χ2v) is 4.64. The van der Waals surface area contributed by atoms with Crippen LogP contribution in [0.4, 0.5) is 0 Å². The van der Waals surface area contributed by atoms with Crippen molar-refractivity contribution in [2.75, 3.05) is 13.1 Å². The van der Waals surface area contributed by atoms with E-state index in [9.17, 15) is 0 Å². The van der Waals surface area contributed by atoms with E-state index in [1.54, 1.807) is 6.20 Å². The van der Waals surface area contributed by atoms with Gasteiger partial charge in [0.05, 0.1) is 0 Å². The van der Waals surface area contributed by atoms with Gasteiger partial charge in [-0.25, -0.2) is 0 Å². The third-order valence-corrected chi connectivity index (χ3v) is 3.22. The number of aromatic nitrogens is 3. The molecule has 2 aromatic rings. The molecule has 0 radical (unpaired) electrons. The van der Waals surface area contributed by atoms with E-state index in [4.69, 9.17) is 4.52 Å². The summed E-state index contributed by atoms with van der Waals surface area (Å²) in [7, 11) is 0. The zero-order valence-corrected chi connectivity index (χ0v) is 10.2. The highest BCUT2D eigenvalue weighted by atomic mass is 16.5. The summed E-state index contributed by atoms with van der Waals surface area (Å²) in [6.45, 7) is 2.17. The summed E-state index contributed by atoms with van der Waals surface area (Å²) in [5, 5.41) is 7.37. The van der Waals surface area contributed by atoms with Gasteiger partial charge in [-0.05, 0) is 44.0 Å². The molecule has 18 heavy (non-hydrogen) atoms. The lowest BCUT2D eigenvalue weighted by Crippen LogP contribution is -2.30. The maximum atomic E-state index is 5.29. The Morgan fingerprint density at radius 2 is 2.39 bits per heavy atom. The first-order chi connectivity index (χ1) is 8.92. The molecule has 0 bridgehead atoms. The lowest BCUT2D eigenvalue weighted by Gasteiger charge is -2.20. The van der Waals surface area contributed by atoms with Crippen LogP contribution in [-0.2, 0) is 6.42 Å². The van der Waals surface area contributed by atoms with Gasteiger partial charge >= 0.3 is 0 Å². The maximum absolute atomic E-state index is 5.29. The van der Waals surface area contributed by atoms with Crippen LogP contribution in [0.25, 0.3) is 11.5 Å². The number of hydrogen-bond donors (Lipinski definition) is 1. The van der Waals surface area contributed by atoms with E-state index < -0.39 is 0 Å². The Morgan fingerprint density at radius 3 is 3.17 bits per heavy atom. The van der Waals surface area contributed by atoms with Gasteiger partial charge in [0.2, 0.25) is 11.7 Å². The highest BCUT2D eigenvalue weighted by Crippen LogP contribution is 2.17. The van der Waals surface area contributed by atoms with E-state index in [0.29, 0.717) is 17.6 Å². The van der Waals surface area contributed by atoms with Crippen molar-refractivity contribution in [1.29, 1.82) is 0 Å². The molecule has 0 aromatic carbocycles. The van der Waals surface area contributed by atoms with Gasteiger partial charge < -0.3 is 9.84 Å². The molecule has 3 heterocycles. The smallest absolute Gasteiger partial charge is 0.227 e. The first-order valence-corrected chi connectivity index (χ1v) is 6.36. The molecular formula is C13H16N4O. The Morgan fingerprint density at radius 1 is 1.39 bits per heavy atom. The molecule has 1 atom stereocenters. The van der Waals surface area contributed by atoms with Gasteiger partial charge in [0.15, 0.2) is 0 Å². The fraction of sp³-hybridized carbons (Fsp3) is 0.462. The Labute approximate surface area is 106 Å².